The van der Waals surface area contributed by atoms with Crippen molar-refractivity contribution in [3.63, 3.8) is 0 Å². The van der Waals surface area contributed by atoms with Gasteiger partial charge in [0, 0.05) is 13.6 Å². The van der Waals surface area contributed by atoms with Crippen molar-refractivity contribution in [2.75, 3.05) is 13.2 Å². The number of hydrogen-bond acceptors (Lipinski definition) is 5. The van der Waals surface area contributed by atoms with E-state index in [1.165, 1.54) is 0 Å². The number of alkyl halides is 1. The standard InChI is InChI=1S/C26H32FN5O3/c1-26(2,3)35-25(34)18-11-6-5-10-17(18)24(33)31-20(13-9-15-29-22(28)16-27)23-30-19-12-7-8-14-21(19)32(23)4/h5-8,10-12,14,20H,9,13,15-16H2,1-4H3,(H2,28,29)(H,31,33). The molecule has 0 fully saturated rings. The first-order valence-electron chi connectivity index (χ1n) is 11.5. The molecule has 2 aromatic carbocycles. The summed E-state index contributed by atoms with van der Waals surface area (Å²) in [5.74, 6) is -0.515. The minimum Gasteiger partial charge on any atom is -0.456 e. The van der Waals surface area contributed by atoms with Gasteiger partial charge in [-0.2, -0.15) is 0 Å². The summed E-state index contributed by atoms with van der Waals surface area (Å²) in [7, 11) is 1.88. The molecule has 1 atom stereocenters. The third-order valence-corrected chi connectivity index (χ3v) is 5.37. The van der Waals surface area contributed by atoms with E-state index in [0.717, 1.165) is 11.0 Å². The molecule has 9 heteroatoms. The fourth-order valence-corrected chi connectivity index (χ4v) is 3.76. The Kier molecular flexibility index (Phi) is 8.22. The molecular weight excluding hydrogens is 449 g/mol. The Morgan fingerprint density at radius 2 is 1.77 bits per heavy atom. The molecule has 0 spiro atoms. The molecule has 1 aromatic heterocycles. The summed E-state index contributed by atoms with van der Waals surface area (Å²) < 4.78 is 20.0. The maximum absolute atomic E-state index is 13.4. The highest BCUT2D eigenvalue weighted by Crippen LogP contribution is 2.24. The quantitative estimate of drug-likeness (QED) is 0.183. The monoisotopic (exact) mass is 481 g/mol. The molecule has 186 valence electrons. The number of amidine groups is 1. The van der Waals surface area contributed by atoms with Crippen LogP contribution in [0.3, 0.4) is 0 Å². The normalized spacial score (nSPS) is 12.3. The number of fused-ring (bicyclic) bond motifs is 1. The Morgan fingerprint density at radius 1 is 1.11 bits per heavy atom. The molecular formula is C26H32FN5O3. The van der Waals surface area contributed by atoms with Gasteiger partial charge in [-0.3, -0.25) is 10.2 Å². The van der Waals surface area contributed by atoms with Gasteiger partial charge in [0.15, 0.2) is 0 Å². The van der Waals surface area contributed by atoms with Gasteiger partial charge in [-0.15, -0.1) is 0 Å². The highest BCUT2D eigenvalue weighted by atomic mass is 19.1. The van der Waals surface area contributed by atoms with E-state index in [1.807, 2.05) is 35.9 Å². The number of para-hydroxylation sites is 2. The van der Waals surface area contributed by atoms with Crippen LogP contribution < -0.4 is 10.6 Å². The predicted molar refractivity (Wildman–Crippen MR) is 133 cm³/mol. The molecule has 0 aliphatic carbocycles. The molecule has 0 aliphatic rings. The number of nitrogens with zero attached hydrogens (tertiary/aromatic N) is 2. The molecule has 3 N–H and O–H groups in total. The van der Waals surface area contributed by atoms with Crippen LogP contribution in [0.2, 0.25) is 0 Å². The number of halogens is 1. The second-order valence-electron chi connectivity index (χ2n) is 9.27. The van der Waals surface area contributed by atoms with Crippen LogP contribution in [0, 0.1) is 5.41 Å². The number of benzene rings is 2. The zero-order chi connectivity index (χ0) is 25.6. The lowest BCUT2D eigenvalue weighted by atomic mass is 10.0. The van der Waals surface area contributed by atoms with Crippen LogP contribution >= 0.6 is 0 Å². The van der Waals surface area contributed by atoms with Crippen LogP contribution in [-0.4, -0.2) is 46.1 Å². The maximum atomic E-state index is 13.4. The molecule has 0 aliphatic heterocycles. The van der Waals surface area contributed by atoms with Gasteiger partial charge in [0.25, 0.3) is 5.91 Å². The number of carbonyl (C=O) groups is 2. The van der Waals surface area contributed by atoms with E-state index >= 15 is 0 Å². The molecule has 0 saturated carbocycles. The third-order valence-electron chi connectivity index (χ3n) is 5.37. The van der Waals surface area contributed by atoms with Crippen LogP contribution in [0.25, 0.3) is 11.0 Å². The Hall–Kier alpha value is -3.75. The first-order chi connectivity index (χ1) is 16.6. The number of rotatable bonds is 9. The number of nitrogens with one attached hydrogen (secondary N) is 3. The van der Waals surface area contributed by atoms with E-state index in [1.54, 1.807) is 45.0 Å². The lowest BCUT2D eigenvalue weighted by Crippen LogP contribution is -2.33. The summed E-state index contributed by atoms with van der Waals surface area (Å²) in [6.45, 7) is 4.84. The number of amides is 1. The van der Waals surface area contributed by atoms with Crippen molar-refractivity contribution in [1.29, 1.82) is 5.41 Å². The van der Waals surface area contributed by atoms with Crippen LogP contribution in [0.1, 0.15) is 66.2 Å². The largest absolute Gasteiger partial charge is 0.456 e. The highest BCUT2D eigenvalue weighted by Gasteiger charge is 2.26. The van der Waals surface area contributed by atoms with Crippen molar-refractivity contribution in [3.05, 3.63) is 65.5 Å². The zero-order valence-corrected chi connectivity index (χ0v) is 20.5. The Bertz CT molecular complexity index is 1220. The smallest absolute Gasteiger partial charge is 0.339 e. The molecule has 1 heterocycles. The Balaban J connectivity index is 1.87. The van der Waals surface area contributed by atoms with Gasteiger partial charge in [0.05, 0.1) is 28.2 Å². The minimum absolute atomic E-state index is 0.181. The third kappa shape index (κ3) is 6.65. The number of esters is 1. The Labute approximate surface area is 204 Å². The van der Waals surface area contributed by atoms with E-state index in [9.17, 15) is 14.0 Å². The summed E-state index contributed by atoms with van der Waals surface area (Å²) in [6, 6.07) is 13.7. The van der Waals surface area contributed by atoms with Gasteiger partial charge < -0.3 is 19.9 Å². The summed E-state index contributed by atoms with van der Waals surface area (Å²) in [6.07, 6.45) is 1.05. The summed E-state index contributed by atoms with van der Waals surface area (Å²) in [4.78, 5) is 30.8. The van der Waals surface area contributed by atoms with Crippen molar-refractivity contribution in [3.8, 4) is 0 Å². The average molecular weight is 482 g/mol. The van der Waals surface area contributed by atoms with E-state index in [4.69, 9.17) is 15.1 Å². The second kappa shape index (κ2) is 11.1. The van der Waals surface area contributed by atoms with Crippen molar-refractivity contribution in [1.82, 2.24) is 20.2 Å². The number of imidazole rings is 1. The van der Waals surface area contributed by atoms with Crippen LogP contribution in [-0.2, 0) is 11.8 Å². The van der Waals surface area contributed by atoms with Crippen LogP contribution in [0.5, 0.6) is 0 Å². The second-order valence-corrected chi connectivity index (χ2v) is 9.27. The first-order valence-corrected chi connectivity index (χ1v) is 11.5. The summed E-state index contributed by atoms with van der Waals surface area (Å²) in [5, 5.41) is 13.2. The fourth-order valence-electron chi connectivity index (χ4n) is 3.76. The number of hydrogen-bond donors (Lipinski definition) is 3. The first kappa shape index (κ1) is 25.9. The number of aryl methyl sites for hydroxylation is 1. The van der Waals surface area contributed by atoms with Gasteiger partial charge >= 0.3 is 5.97 Å². The highest BCUT2D eigenvalue weighted by molar-refractivity contribution is 6.05. The molecule has 3 aromatic rings. The van der Waals surface area contributed by atoms with E-state index in [2.05, 4.69) is 10.6 Å². The SMILES string of the molecule is Cn1c(C(CCCNC(=N)CF)NC(=O)c2ccccc2C(=O)OC(C)(C)C)nc2ccccc21. The number of aromatic nitrogens is 2. The fraction of sp³-hybridized carbons (Fsp3) is 0.385. The summed E-state index contributed by atoms with van der Waals surface area (Å²) >= 11 is 0. The molecule has 0 radical (unpaired) electrons. The van der Waals surface area contributed by atoms with Gasteiger partial charge in [-0.1, -0.05) is 24.3 Å². The van der Waals surface area contributed by atoms with Gasteiger partial charge in [-0.05, 0) is 57.9 Å². The zero-order valence-electron chi connectivity index (χ0n) is 20.5. The number of carbonyl (C=O) groups excluding carboxylic acids is 2. The van der Waals surface area contributed by atoms with Crippen molar-refractivity contribution < 1.29 is 18.7 Å². The molecule has 1 amide bonds. The van der Waals surface area contributed by atoms with E-state index < -0.39 is 30.2 Å². The molecule has 35 heavy (non-hydrogen) atoms. The van der Waals surface area contributed by atoms with Crippen molar-refractivity contribution in [2.24, 2.45) is 7.05 Å². The molecule has 0 saturated heterocycles. The van der Waals surface area contributed by atoms with E-state index in [0.29, 0.717) is 25.2 Å². The van der Waals surface area contributed by atoms with Gasteiger partial charge in [0.1, 0.15) is 23.9 Å². The predicted octanol–water partition coefficient (Wildman–Crippen LogP) is 4.32. The van der Waals surface area contributed by atoms with Crippen LogP contribution in [0.4, 0.5) is 4.39 Å². The van der Waals surface area contributed by atoms with Gasteiger partial charge in [-0.25, -0.2) is 14.2 Å². The van der Waals surface area contributed by atoms with E-state index in [-0.39, 0.29) is 17.0 Å². The van der Waals surface area contributed by atoms with Gasteiger partial charge in [0.2, 0.25) is 0 Å². The maximum Gasteiger partial charge on any atom is 0.339 e. The Morgan fingerprint density at radius 3 is 2.43 bits per heavy atom. The lowest BCUT2D eigenvalue weighted by molar-refractivity contribution is 0.00674. The lowest BCUT2D eigenvalue weighted by Gasteiger charge is -2.22. The minimum atomic E-state index is -0.855. The molecule has 0 bridgehead atoms. The van der Waals surface area contributed by atoms with Crippen molar-refractivity contribution in [2.45, 2.75) is 45.3 Å². The summed E-state index contributed by atoms with van der Waals surface area (Å²) in [5.41, 5.74) is 1.42. The molecule has 1 unspecified atom stereocenters. The average Bonchev–Trinajstić information content (AvgIpc) is 3.16. The topological polar surface area (TPSA) is 109 Å². The molecule has 8 nitrogen and oxygen atoms in total. The number of ether oxygens (including phenoxy) is 1. The van der Waals surface area contributed by atoms with Crippen molar-refractivity contribution >= 4 is 28.7 Å². The van der Waals surface area contributed by atoms with Crippen LogP contribution in [0.15, 0.2) is 48.5 Å². The molecule has 3 rings (SSSR count).